The second-order valence-corrected chi connectivity index (χ2v) is 3.65. The van der Waals surface area contributed by atoms with Crippen molar-refractivity contribution in [3.63, 3.8) is 0 Å². The fraction of sp³-hybridized carbons (Fsp3) is 0. The molecule has 0 spiro atoms. The van der Waals surface area contributed by atoms with Crippen LogP contribution in [0.15, 0.2) is 48.5 Å². The Labute approximate surface area is 98.9 Å². The van der Waals surface area contributed by atoms with E-state index in [1.807, 2.05) is 30.3 Å². The molecule has 17 heavy (non-hydrogen) atoms. The number of aldehydes is 1. The molecule has 0 saturated heterocycles. The van der Waals surface area contributed by atoms with Crippen LogP contribution in [0.4, 0.5) is 0 Å². The zero-order chi connectivity index (χ0) is 12.3. The first-order chi connectivity index (χ1) is 8.22. The summed E-state index contributed by atoms with van der Waals surface area (Å²) in [5, 5.41) is 0. The number of carbonyl (C=O) groups excluding carboxylic acids is 2. The van der Waals surface area contributed by atoms with Crippen LogP contribution in [0.5, 0.6) is 0 Å². The van der Waals surface area contributed by atoms with E-state index in [-0.39, 0.29) is 0 Å². The molecule has 2 aromatic rings. The third-order valence-electron chi connectivity index (χ3n) is 2.55. The van der Waals surface area contributed by atoms with E-state index in [0.29, 0.717) is 11.1 Å². The fourth-order valence-corrected chi connectivity index (χ4v) is 1.68. The zero-order valence-electron chi connectivity index (χ0n) is 9.09. The van der Waals surface area contributed by atoms with E-state index < -0.39 is 5.91 Å². The van der Waals surface area contributed by atoms with Gasteiger partial charge in [-0.25, -0.2) is 0 Å². The van der Waals surface area contributed by atoms with E-state index >= 15 is 0 Å². The van der Waals surface area contributed by atoms with E-state index in [1.165, 1.54) is 0 Å². The summed E-state index contributed by atoms with van der Waals surface area (Å²) in [6.07, 6.45) is 0.771. The number of rotatable bonds is 3. The van der Waals surface area contributed by atoms with Crippen LogP contribution < -0.4 is 5.73 Å². The van der Waals surface area contributed by atoms with Crippen molar-refractivity contribution in [2.75, 3.05) is 0 Å². The summed E-state index contributed by atoms with van der Waals surface area (Å²) in [5.74, 6) is -0.500. The van der Waals surface area contributed by atoms with Crippen LogP contribution in [0.2, 0.25) is 0 Å². The quantitative estimate of drug-likeness (QED) is 0.814. The summed E-state index contributed by atoms with van der Waals surface area (Å²) in [5.41, 5.74) is 7.77. The predicted molar refractivity (Wildman–Crippen MR) is 65.8 cm³/mol. The number of benzene rings is 2. The highest BCUT2D eigenvalue weighted by Crippen LogP contribution is 2.23. The highest BCUT2D eigenvalue weighted by atomic mass is 16.1. The second kappa shape index (κ2) is 4.61. The predicted octanol–water partition coefficient (Wildman–Crippen LogP) is 2.27. The van der Waals surface area contributed by atoms with Crippen LogP contribution in [0, 0.1) is 0 Å². The molecule has 1 amide bonds. The highest BCUT2D eigenvalue weighted by molar-refractivity contribution is 5.97. The number of primary amides is 1. The third kappa shape index (κ3) is 2.23. The van der Waals surface area contributed by atoms with Crippen LogP contribution in [0.3, 0.4) is 0 Å². The molecule has 0 bridgehead atoms. The van der Waals surface area contributed by atoms with E-state index in [9.17, 15) is 9.59 Å². The van der Waals surface area contributed by atoms with Crippen molar-refractivity contribution in [1.82, 2.24) is 0 Å². The van der Waals surface area contributed by atoms with Gasteiger partial charge in [-0.05, 0) is 23.3 Å². The molecular weight excluding hydrogens is 214 g/mol. The maximum absolute atomic E-state index is 11.1. The molecule has 84 valence electrons. The third-order valence-corrected chi connectivity index (χ3v) is 2.55. The van der Waals surface area contributed by atoms with Crippen LogP contribution in [0.25, 0.3) is 11.1 Å². The van der Waals surface area contributed by atoms with E-state index in [4.69, 9.17) is 5.73 Å². The second-order valence-electron chi connectivity index (χ2n) is 3.65. The number of carbonyl (C=O) groups is 2. The van der Waals surface area contributed by atoms with Gasteiger partial charge in [-0.2, -0.15) is 0 Å². The standard InChI is InChI=1S/C14H11NO2/c15-14(17)11-6-7-12(9-16)13(8-11)10-4-2-1-3-5-10/h1-9H,(H2,15,17). The number of hydrogen-bond donors (Lipinski definition) is 1. The summed E-state index contributed by atoms with van der Waals surface area (Å²) in [6.45, 7) is 0. The van der Waals surface area contributed by atoms with Crippen molar-refractivity contribution in [1.29, 1.82) is 0 Å². The molecule has 0 unspecified atom stereocenters. The average Bonchev–Trinajstić information content (AvgIpc) is 2.39. The molecule has 0 fully saturated rings. The van der Waals surface area contributed by atoms with Gasteiger partial charge in [0.05, 0.1) is 0 Å². The normalized spacial score (nSPS) is 9.88. The lowest BCUT2D eigenvalue weighted by Crippen LogP contribution is -2.11. The van der Waals surface area contributed by atoms with E-state index in [2.05, 4.69) is 0 Å². The van der Waals surface area contributed by atoms with Crippen molar-refractivity contribution >= 4 is 12.2 Å². The molecule has 2 N–H and O–H groups in total. The summed E-state index contributed by atoms with van der Waals surface area (Å²) in [6, 6.07) is 14.2. The van der Waals surface area contributed by atoms with Gasteiger partial charge >= 0.3 is 0 Å². The average molecular weight is 225 g/mol. The monoisotopic (exact) mass is 225 g/mol. The fourth-order valence-electron chi connectivity index (χ4n) is 1.68. The minimum atomic E-state index is -0.500. The van der Waals surface area contributed by atoms with Gasteiger partial charge < -0.3 is 5.73 Å². The van der Waals surface area contributed by atoms with E-state index in [0.717, 1.165) is 17.4 Å². The molecule has 3 nitrogen and oxygen atoms in total. The largest absolute Gasteiger partial charge is 0.366 e. The minimum Gasteiger partial charge on any atom is -0.366 e. The molecule has 0 aliphatic carbocycles. The molecular formula is C14H11NO2. The van der Waals surface area contributed by atoms with Crippen LogP contribution in [-0.2, 0) is 0 Å². The van der Waals surface area contributed by atoms with Gasteiger partial charge in [0, 0.05) is 11.1 Å². The van der Waals surface area contributed by atoms with Crippen LogP contribution in [0.1, 0.15) is 20.7 Å². The summed E-state index contributed by atoms with van der Waals surface area (Å²) < 4.78 is 0. The molecule has 0 aliphatic heterocycles. The molecule has 0 saturated carbocycles. The van der Waals surface area contributed by atoms with Gasteiger partial charge in [-0.3, -0.25) is 9.59 Å². The SMILES string of the molecule is NC(=O)c1ccc(C=O)c(-c2ccccc2)c1. The molecule has 0 radical (unpaired) electrons. The van der Waals surface area contributed by atoms with Crippen molar-refractivity contribution in [3.8, 4) is 11.1 Å². The van der Waals surface area contributed by atoms with Gasteiger partial charge in [0.2, 0.25) is 5.91 Å². The Balaban J connectivity index is 2.62. The highest BCUT2D eigenvalue weighted by Gasteiger charge is 2.08. The van der Waals surface area contributed by atoms with Crippen molar-refractivity contribution in [2.24, 2.45) is 5.73 Å². The number of amides is 1. The van der Waals surface area contributed by atoms with Gasteiger partial charge in [-0.15, -0.1) is 0 Å². The van der Waals surface area contributed by atoms with Gasteiger partial charge in [0.15, 0.2) is 6.29 Å². The molecule has 2 rings (SSSR count). The Bertz CT molecular complexity index is 562. The summed E-state index contributed by atoms with van der Waals surface area (Å²) in [7, 11) is 0. The Morgan fingerprint density at radius 2 is 1.76 bits per heavy atom. The first-order valence-electron chi connectivity index (χ1n) is 5.17. The molecule has 0 atom stereocenters. The van der Waals surface area contributed by atoms with Crippen molar-refractivity contribution in [3.05, 3.63) is 59.7 Å². The number of hydrogen-bond acceptors (Lipinski definition) is 2. The Morgan fingerprint density at radius 1 is 1.06 bits per heavy atom. The Morgan fingerprint density at radius 3 is 2.35 bits per heavy atom. The first kappa shape index (κ1) is 11.1. The molecule has 3 heteroatoms. The molecule has 0 aromatic heterocycles. The van der Waals surface area contributed by atoms with E-state index in [1.54, 1.807) is 18.2 Å². The van der Waals surface area contributed by atoms with Crippen LogP contribution in [-0.4, -0.2) is 12.2 Å². The topological polar surface area (TPSA) is 60.2 Å². The van der Waals surface area contributed by atoms with Crippen LogP contribution >= 0.6 is 0 Å². The van der Waals surface area contributed by atoms with Crippen molar-refractivity contribution in [2.45, 2.75) is 0 Å². The first-order valence-corrected chi connectivity index (χ1v) is 5.17. The van der Waals surface area contributed by atoms with Crippen molar-refractivity contribution < 1.29 is 9.59 Å². The maximum atomic E-state index is 11.1. The van der Waals surface area contributed by atoms with Gasteiger partial charge in [0.1, 0.15) is 0 Å². The molecule has 2 aromatic carbocycles. The molecule has 0 aliphatic rings. The number of nitrogens with two attached hydrogens (primary N) is 1. The minimum absolute atomic E-state index is 0.398. The maximum Gasteiger partial charge on any atom is 0.248 e. The lowest BCUT2D eigenvalue weighted by atomic mass is 9.98. The van der Waals surface area contributed by atoms with Gasteiger partial charge in [0.25, 0.3) is 0 Å². The summed E-state index contributed by atoms with van der Waals surface area (Å²) >= 11 is 0. The lowest BCUT2D eigenvalue weighted by molar-refractivity contribution is 0.0999. The lowest BCUT2D eigenvalue weighted by Gasteiger charge is -2.06. The smallest absolute Gasteiger partial charge is 0.248 e. The molecule has 0 heterocycles. The Kier molecular flexibility index (Phi) is 3.01. The van der Waals surface area contributed by atoms with Gasteiger partial charge in [-0.1, -0.05) is 36.4 Å². The zero-order valence-corrected chi connectivity index (χ0v) is 9.09. The Hall–Kier alpha value is -2.42. The summed E-state index contributed by atoms with van der Waals surface area (Å²) in [4.78, 5) is 22.1.